The standard InChI is InChI=1S/C19H17N7O2S/c1-12-9-15(26(2)25-12)11-28-16-4-3-14(10-21-16)17(27)22-19-24-23-18(29-19)13-5-7-20-8-6-13/h3-10H,11H2,1-2H3,(H,22,24,27). The average Bonchev–Trinajstić information content (AvgIpc) is 3.33. The van der Waals surface area contributed by atoms with Gasteiger partial charge in [-0.15, -0.1) is 10.2 Å². The van der Waals surface area contributed by atoms with Crippen LogP contribution in [0.1, 0.15) is 21.7 Å². The molecule has 146 valence electrons. The van der Waals surface area contributed by atoms with Crippen molar-refractivity contribution in [3.05, 3.63) is 65.9 Å². The summed E-state index contributed by atoms with van der Waals surface area (Å²) in [5, 5.41) is 16.2. The van der Waals surface area contributed by atoms with Crippen LogP contribution in [-0.2, 0) is 13.7 Å². The second kappa shape index (κ2) is 8.15. The van der Waals surface area contributed by atoms with Gasteiger partial charge in [-0.1, -0.05) is 11.3 Å². The Morgan fingerprint density at radius 1 is 1.21 bits per heavy atom. The zero-order chi connectivity index (χ0) is 20.2. The molecule has 0 aliphatic carbocycles. The van der Waals surface area contributed by atoms with E-state index in [-0.39, 0.29) is 5.91 Å². The van der Waals surface area contributed by atoms with E-state index in [9.17, 15) is 4.79 Å². The van der Waals surface area contributed by atoms with E-state index in [1.807, 2.05) is 32.2 Å². The summed E-state index contributed by atoms with van der Waals surface area (Å²) in [5.41, 5.74) is 3.15. The van der Waals surface area contributed by atoms with Crippen molar-refractivity contribution in [3.63, 3.8) is 0 Å². The Kier molecular flexibility index (Phi) is 5.25. The summed E-state index contributed by atoms with van der Waals surface area (Å²) in [4.78, 5) is 20.6. The molecule has 4 rings (SSSR count). The first-order valence-corrected chi connectivity index (χ1v) is 9.54. The number of hydrogen-bond acceptors (Lipinski definition) is 8. The predicted molar refractivity (Wildman–Crippen MR) is 108 cm³/mol. The first-order valence-electron chi connectivity index (χ1n) is 8.72. The van der Waals surface area contributed by atoms with Crippen LogP contribution < -0.4 is 10.1 Å². The molecule has 29 heavy (non-hydrogen) atoms. The van der Waals surface area contributed by atoms with Crippen LogP contribution in [0.3, 0.4) is 0 Å². The molecule has 0 saturated carbocycles. The third-order valence-electron chi connectivity index (χ3n) is 4.04. The van der Waals surface area contributed by atoms with Crippen LogP contribution in [0.15, 0.2) is 48.9 Å². The van der Waals surface area contributed by atoms with Gasteiger partial charge in [-0.05, 0) is 31.2 Å². The Hall–Kier alpha value is -3.66. The number of carbonyl (C=O) groups excluding carboxylic acids is 1. The van der Waals surface area contributed by atoms with Crippen LogP contribution in [0.25, 0.3) is 10.6 Å². The van der Waals surface area contributed by atoms with Crippen LogP contribution in [0, 0.1) is 6.92 Å². The van der Waals surface area contributed by atoms with Gasteiger partial charge in [-0.3, -0.25) is 19.8 Å². The summed E-state index contributed by atoms with van der Waals surface area (Å²) in [7, 11) is 1.86. The number of anilines is 1. The number of hydrogen-bond donors (Lipinski definition) is 1. The molecule has 9 nitrogen and oxygen atoms in total. The van der Waals surface area contributed by atoms with E-state index in [0.717, 1.165) is 17.0 Å². The maximum atomic E-state index is 12.4. The van der Waals surface area contributed by atoms with Gasteiger partial charge in [-0.2, -0.15) is 5.10 Å². The quantitative estimate of drug-likeness (QED) is 0.523. The Bertz CT molecular complexity index is 1120. The van der Waals surface area contributed by atoms with Crippen molar-refractivity contribution in [2.75, 3.05) is 5.32 Å². The fourth-order valence-corrected chi connectivity index (χ4v) is 3.35. The molecule has 0 unspecified atom stereocenters. The summed E-state index contributed by atoms with van der Waals surface area (Å²) in [6.07, 6.45) is 4.82. The van der Waals surface area contributed by atoms with Gasteiger partial charge in [0, 0.05) is 37.3 Å². The van der Waals surface area contributed by atoms with Crippen LogP contribution in [-0.4, -0.2) is 35.9 Å². The van der Waals surface area contributed by atoms with Gasteiger partial charge in [0.1, 0.15) is 11.6 Å². The summed E-state index contributed by atoms with van der Waals surface area (Å²) in [6, 6.07) is 8.92. The Morgan fingerprint density at radius 2 is 2.03 bits per heavy atom. The Balaban J connectivity index is 1.37. The van der Waals surface area contributed by atoms with Crippen LogP contribution in [0.5, 0.6) is 5.88 Å². The SMILES string of the molecule is Cc1cc(COc2ccc(C(=O)Nc3nnc(-c4ccncc4)s3)cn2)n(C)n1. The molecule has 1 N–H and O–H groups in total. The monoisotopic (exact) mass is 407 g/mol. The highest BCUT2D eigenvalue weighted by Crippen LogP contribution is 2.26. The van der Waals surface area contributed by atoms with Crippen LogP contribution in [0.2, 0.25) is 0 Å². The van der Waals surface area contributed by atoms with E-state index in [1.165, 1.54) is 17.5 Å². The fourth-order valence-electron chi connectivity index (χ4n) is 2.60. The molecular weight excluding hydrogens is 390 g/mol. The van der Waals surface area contributed by atoms with Crippen LogP contribution in [0.4, 0.5) is 5.13 Å². The van der Waals surface area contributed by atoms with Gasteiger partial charge < -0.3 is 4.74 Å². The number of pyridine rings is 2. The molecule has 0 aliphatic heterocycles. The average molecular weight is 407 g/mol. The predicted octanol–water partition coefficient (Wildman–Crippen LogP) is 2.87. The van der Waals surface area contributed by atoms with E-state index in [0.29, 0.717) is 28.2 Å². The van der Waals surface area contributed by atoms with Gasteiger partial charge in [0.05, 0.1) is 17.0 Å². The molecule has 1 amide bonds. The van der Waals surface area contributed by atoms with Crippen molar-refractivity contribution in [1.29, 1.82) is 0 Å². The second-order valence-electron chi connectivity index (χ2n) is 6.18. The topological polar surface area (TPSA) is 108 Å². The number of ether oxygens (including phenoxy) is 1. The number of rotatable bonds is 6. The zero-order valence-electron chi connectivity index (χ0n) is 15.7. The Morgan fingerprint density at radius 3 is 2.72 bits per heavy atom. The highest BCUT2D eigenvalue weighted by atomic mass is 32.1. The number of aromatic nitrogens is 6. The van der Waals surface area contributed by atoms with Crippen molar-refractivity contribution in [3.8, 4) is 16.5 Å². The van der Waals surface area contributed by atoms with Gasteiger partial charge in [0.2, 0.25) is 11.0 Å². The number of carbonyl (C=O) groups is 1. The molecule has 0 atom stereocenters. The lowest BCUT2D eigenvalue weighted by Crippen LogP contribution is -2.12. The number of amides is 1. The lowest BCUT2D eigenvalue weighted by atomic mass is 10.3. The van der Waals surface area contributed by atoms with E-state index in [1.54, 1.807) is 29.2 Å². The molecule has 4 aromatic rings. The zero-order valence-corrected chi connectivity index (χ0v) is 16.6. The highest BCUT2D eigenvalue weighted by Gasteiger charge is 2.12. The molecule has 0 spiro atoms. The molecule has 4 heterocycles. The highest BCUT2D eigenvalue weighted by molar-refractivity contribution is 7.18. The van der Waals surface area contributed by atoms with E-state index < -0.39 is 0 Å². The fraction of sp³-hybridized carbons (Fsp3) is 0.158. The molecule has 0 saturated heterocycles. The summed E-state index contributed by atoms with van der Waals surface area (Å²) >= 11 is 1.29. The lowest BCUT2D eigenvalue weighted by Gasteiger charge is -2.06. The van der Waals surface area contributed by atoms with Gasteiger partial charge in [0.25, 0.3) is 5.91 Å². The van der Waals surface area contributed by atoms with Crippen molar-refractivity contribution >= 4 is 22.4 Å². The summed E-state index contributed by atoms with van der Waals surface area (Å²) in [5.74, 6) is 0.111. The third kappa shape index (κ3) is 4.43. The first-order chi connectivity index (χ1) is 14.1. The Labute approximate surface area is 170 Å². The van der Waals surface area contributed by atoms with E-state index in [2.05, 4.69) is 30.6 Å². The largest absolute Gasteiger partial charge is 0.471 e. The van der Waals surface area contributed by atoms with Gasteiger partial charge in [-0.25, -0.2) is 4.98 Å². The number of aryl methyl sites for hydroxylation is 2. The third-order valence-corrected chi connectivity index (χ3v) is 4.93. The molecule has 0 fully saturated rings. The molecular formula is C19H17N7O2S. The van der Waals surface area contributed by atoms with Crippen LogP contribution >= 0.6 is 11.3 Å². The maximum Gasteiger partial charge on any atom is 0.259 e. The lowest BCUT2D eigenvalue weighted by molar-refractivity contribution is 0.102. The number of nitrogens with zero attached hydrogens (tertiary/aromatic N) is 6. The normalized spacial score (nSPS) is 10.7. The molecule has 0 radical (unpaired) electrons. The second-order valence-corrected chi connectivity index (χ2v) is 7.15. The molecule has 0 aromatic carbocycles. The maximum absolute atomic E-state index is 12.4. The van der Waals surface area contributed by atoms with Gasteiger partial charge in [0.15, 0.2) is 0 Å². The smallest absolute Gasteiger partial charge is 0.259 e. The van der Waals surface area contributed by atoms with Gasteiger partial charge >= 0.3 is 0 Å². The molecule has 4 aromatic heterocycles. The minimum absolute atomic E-state index is 0.316. The summed E-state index contributed by atoms with van der Waals surface area (Å²) in [6.45, 7) is 2.27. The van der Waals surface area contributed by atoms with E-state index in [4.69, 9.17) is 4.74 Å². The molecule has 0 bridgehead atoms. The summed E-state index contributed by atoms with van der Waals surface area (Å²) < 4.78 is 7.43. The van der Waals surface area contributed by atoms with Crippen molar-refractivity contribution in [2.24, 2.45) is 7.05 Å². The first kappa shape index (κ1) is 18.7. The van der Waals surface area contributed by atoms with Crippen molar-refractivity contribution in [2.45, 2.75) is 13.5 Å². The van der Waals surface area contributed by atoms with E-state index >= 15 is 0 Å². The minimum Gasteiger partial charge on any atom is -0.471 e. The number of nitrogens with one attached hydrogen (secondary N) is 1. The molecule has 10 heteroatoms. The molecule has 0 aliphatic rings. The van der Waals surface area contributed by atoms with Crippen molar-refractivity contribution in [1.82, 2.24) is 29.9 Å². The minimum atomic E-state index is -0.316. The van der Waals surface area contributed by atoms with Crippen molar-refractivity contribution < 1.29 is 9.53 Å².